The molecule has 2 aliphatic rings. The molecule has 1 aliphatic carbocycles. The van der Waals surface area contributed by atoms with Gasteiger partial charge in [-0.3, -0.25) is 4.79 Å². The average molecular weight is 372 g/mol. The van der Waals surface area contributed by atoms with Crippen LogP contribution in [0, 0.1) is 0 Å². The van der Waals surface area contributed by atoms with E-state index in [0.717, 1.165) is 46.7 Å². The van der Waals surface area contributed by atoms with Crippen molar-refractivity contribution in [2.75, 3.05) is 12.9 Å². The number of esters is 1. The Bertz CT molecular complexity index is 777. The van der Waals surface area contributed by atoms with Gasteiger partial charge in [0.1, 0.15) is 0 Å². The predicted molar refractivity (Wildman–Crippen MR) is 104 cm³/mol. The van der Waals surface area contributed by atoms with Crippen LogP contribution in [0.15, 0.2) is 51.7 Å². The summed E-state index contributed by atoms with van der Waals surface area (Å²) in [7, 11) is 0. The third-order valence-corrected chi connectivity index (χ3v) is 5.63. The zero-order chi connectivity index (χ0) is 18.7. The maximum atomic E-state index is 12.8. The van der Waals surface area contributed by atoms with Gasteiger partial charge < -0.3 is 10.1 Å². The predicted octanol–water partition coefficient (Wildman–Crippen LogP) is 4.33. The highest BCUT2D eigenvalue weighted by atomic mass is 32.2. The summed E-state index contributed by atoms with van der Waals surface area (Å²) in [6.45, 7) is 4.25. The number of hydrogen-bond acceptors (Lipinski definition) is 5. The molecule has 0 unspecified atom stereocenters. The van der Waals surface area contributed by atoms with Crippen LogP contribution in [0.5, 0.6) is 0 Å². The van der Waals surface area contributed by atoms with Crippen molar-refractivity contribution in [3.8, 4) is 0 Å². The lowest BCUT2D eigenvalue weighted by molar-refractivity contribution is -0.139. The van der Waals surface area contributed by atoms with Crippen molar-refractivity contribution < 1.29 is 14.3 Å². The third-order valence-electron chi connectivity index (χ3n) is 4.88. The van der Waals surface area contributed by atoms with Crippen LogP contribution >= 0.6 is 11.8 Å². The topological polar surface area (TPSA) is 55.4 Å². The lowest BCUT2D eigenvalue weighted by Crippen LogP contribution is -2.34. The largest absolute Gasteiger partial charge is 0.462 e. The van der Waals surface area contributed by atoms with Crippen molar-refractivity contribution in [1.29, 1.82) is 0 Å². The van der Waals surface area contributed by atoms with Gasteiger partial charge in [-0.15, -0.1) is 11.8 Å². The average Bonchev–Trinajstić information content (AvgIpc) is 2.65. The highest BCUT2D eigenvalue weighted by molar-refractivity contribution is 7.98. The van der Waals surface area contributed by atoms with E-state index < -0.39 is 0 Å². The fraction of sp³-hybridized carbons (Fsp3) is 0.429. The Kier molecular flexibility index (Phi) is 5.87. The summed E-state index contributed by atoms with van der Waals surface area (Å²) in [6, 6.07) is 8.13. The van der Waals surface area contributed by atoms with E-state index in [4.69, 9.17) is 4.74 Å². The van der Waals surface area contributed by atoms with Gasteiger partial charge >= 0.3 is 5.97 Å². The quantitative estimate of drug-likeness (QED) is 0.617. The monoisotopic (exact) mass is 371 g/mol. The summed E-state index contributed by atoms with van der Waals surface area (Å²) in [6.07, 6.45) is 5.03. The second kappa shape index (κ2) is 8.12. The number of ketones is 1. The molecule has 26 heavy (non-hydrogen) atoms. The van der Waals surface area contributed by atoms with Gasteiger partial charge in [0.25, 0.3) is 0 Å². The van der Waals surface area contributed by atoms with Crippen molar-refractivity contribution in [1.82, 2.24) is 5.32 Å². The number of rotatable bonds is 5. The van der Waals surface area contributed by atoms with Crippen LogP contribution in [0.2, 0.25) is 0 Å². The van der Waals surface area contributed by atoms with Crippen molar-refractivity contribution >= 4 is 23.5 Å². The second-order valence-corrected chi connectivity index (χ2v) is 7.55. The van der Waals surface area contributed by atoms with E-state index in [1.807, 2.05) is 44.4 Å². The van der Waals surface area contributed by atoms with E-state index >= 15 is 0 Å². The molecule has 4 nitrogen and oxygen atoms in total. The van der Waals surface area contributed by atoms with E-state index in [0.29, 0.717) is 18.6 Å². The molecule has 0 bridgehead atoms. The molecule has 138 valence electrons. The number of carbonyl (C=O) groups excluding carboxylic acids is 2. The number of carbonyl (C=O) groups is 2. The van der Waals surface area contributed by atoms with Crippen molar-refractivity contribution in [2.24, 2.45) is 0 Å². The summed E-state index contributed by atoms with van der Waals surface area (Å²) >= 11 is 1.67. The Hall–Kier alpha value is -2.01. The van der Waals surface area contributed by atoms with Gasteiger partial charge in [0.15, 0.2) is 5.78 Å². The van der Waals surface area contributed by atoms with Crippen molar-refractivity contribution in [3.63, 3.8) is 0 Å². The Morgan fingerprint density at radius 2 is 2.00 bits per heavy atom. The molecule has 0 radical (unpaired) electrons. The SMILES string of the molecule is CCCOC(=O)C1=C(C)NC2=C(C(=O)CCC2)[C@H]1c1ccc(SC)cc1. The number of dihydropyridines is 1. The number of allylic oxidation sites excluding steroid dienone is 3. The minimum Gasteiger partial charge on any atom is -0.462 e. The smallest absolute Gasteiger partial charge is 0.336 e. The molecular weight excluding hydrogens is 346 g/mol. The van der Waals surface area contributed by atoms with Gasteiger partial charge in [0, 0.05) is 34.2 Å². The molecule has 0 fully saturated rings. The maximum Gasteiger partial charge on any atom is 0.336 e. The Balaban J connectivity index is 2.08. The van der Waals surface area contributed by atoms with E-state index in [1.54, 1.807) is 11.8 Å². The van der Waals surface area contributed by atoms with Gasteiger partial charge in [0.05, 0.1) is 12.2 Å². The minimum atomic E-state index is -0.348. The molecule has 0 saturated carbocycles. The minimum absolute atomic E-state index is 0.131. The molecule has 1 N–H and O–H groups in total. The number of hydrogen-bond donors (Lipinski definition) is 1. The van der Waals surface area contributed by atoms with E-state index in [-0.39, 0.29) is 17.7 Å². The molecule has 1 aromatic carbocycles. The van der Waals surface area contributed by atoms with Crippen LogP contribution in [0.1, 0.15) is 51.0 Å². The lowest BCUT2D eigenvalue weighted by Gasteiger charge is -2.34. The fourth-order valence-electron chi connectivity index (χ4n) is 3.66. The first-order valence-corrected chi connectivity index (χ1v) is 10.3. The number of nitrogens with one attached hydrogen (secondary N) is 1. The summed E-state index contributed by atoms with van der Waals surface area (Å²) in [5, 5.41) is 3.31. The van der Waals surface area contributed by atoms with Gasteiger partial charge in [0.2, 0.25) is 0 Å². The summed E-state index contributed by atoms with van der Waals surface area (Å²) < 4.78 is 5.44. The normalized spacial score (nSPS) is 20.0. The Labute approximate surface area is 159 Å². The molecule has 0 amide bonds. The van der Waals surface area contributed by atoms with E-state index in [9.17, 15) is 9.59 Å². The first-order valence-electron chi connectivity index (χ1n) is 9.12. The first-order chi connectivity index (χ1) is 12.6. The fourth-order valence-corrected chi connectivity index (χ4v) is 4.06. The molecule has 0 aromatic heterocycles. The molecule has 3 rings (SSSR count). The molecular formula is C21H25NO3S. The maximum absolute atomic E-state index is 12.8. The van der Waals surface area contributed by atoms with Crippen LogP contribution in [0.3, 0.4) is 0 Å². The number of benzene rings is 1. The van der Waals surface area contributed by atoms with Crippen LogP contribution in [0.25, 0.3) is 0 Å². The van der Waals surface area contributed by atoms with Gasteiger partial charge in [-0.2, -0.15) is 0 Å². The molecule has 0 spiro atoms. The molecule has 1 atom stereocenters. The van der Waals surface area contributed by atoms with Crippen LogP contribution in [0.4, 0.5) is 0 Å². The lowest BCUT2D eigenvalue weighted by atomic mass is 9.75. The molecule has 0 saturated heterocycles. The third kappa shape index (κ3) is 3.58. The molecule has 1 heterocycles. The standard InChI is InChI=1S/C21H25NO3S/c1-4-12-25-21(24)18-13(2)22-16-6-5-7-17(23)20(16)19(18)14-8-10-15(26-3)11-9-14/h8-11,19,22H,4-7,12H2,1-3H3/t19-/m0/s1. The Morgan fingerprint density at radius 1 is 1.27 bits per heavy atom. The Morgan fingerprint density at radius 3 is 2.65 bits per heavy atom. The second-order valence-electron chi connectivity index (χ2n) is 6.67. The van der Waals surface area contributed by atoms with Gasteiger partial charge in [-0.25, -0.2) is 4.79 Å². The number of thioether (sulfide) groups is 1. The summed E-state index contributed by atoms with van der Waals surface area (Å²) in [4.78, 5) is 26.7. The zero-order valence-electron chi connectivity index (χ0n) is 15.6. The number of ether oxygens (including phenoxy) is 1. The van der Waals surface area contributed by atoms with E-state index in [2.05, 4.69) is 5.32 Å². The molecule has 1 aromatic rings. The van der Waals surface area contributed by atoms with Gasteiger partial charge in [-0.1, -0.05) is 19.1 Å². The van der Waals surface area contributed by atoms with Crippen molar-refractivity contribution in [2.45, 2.75) is 50.3 Å². The van der Waals surface area contributed by atoms with Crippen LogP contribution in [-0.2, 0) is 14.3 Å². The van der Waals surface area contributed by atoms with Crippen LogP contribution in [-0.4, -0.2) is 24.6 Å². The molecule has 5 heteroatoms. The van der Waals surface area contributed by atoms with Gasteiger partial charge in [-0.05, 0) is 50.1 Å². The summed E-state index contributed by atoms with van der Waals surface area (Å²) in [5.41, 5.74) is 4.02. The van der Waals surface area contributed by atoms with Crippen LogP contribution < -0.4 is 5.32 Å². The van der Waals surface area contributed by atoms with Crippen molar-refractivity contribution in [3.05, 3.63) is 52.4 Å². The highest BCUT2D eigenvalue weighted by Gasteiger charge is 2.38. The summed E-state index contributed by atoms with van der Waals surface area (Å²) in [5.74, 6) is -0.550. The highest BCUT2D eigenvalue weighted by Crippen LogP contribution is 2.42. The molecule has 1 aliphatic heterocycles. The first kappa shape index (κ1) is 18.8. The zero-order valence-corrected chi connectivity index (χ0v) is 16.4. The van der Waals surface area contributed by atoms with E-state index in [1.165, 1.54) is 0 Å². The number of Topliss-reactive ketones (excluding diaryl/α,β-unsaturated/α-hetero) is 1.